The molecule has 0 saturated carbocycles. The number of nitrogens with one attached hydrogen (secondary N) is 2. The maximum Gasteiger partial charge on any atom is 0.319 e. The molecule has 7 heteroatoms. The molecule has 0 spiro atoms. The molecule has 0 heterocycles. The van der Waals surface area contributed by atoms with E-state index in [1.165, 1.54) is 6.07 Å². The summed E-state index contributed by atoms with van der Waals surface area (Å²) in [6.07, 6.45) is 0.602. The number of hydrogen-bond donors (Lipinski definition) is 3. The van der Waals surface area contributed by atoms with Gasteiger partial charge in [0.2, 0.25) is 0 Å². The summed E-state index contributed by atoms with van der Waals surface area (Å²) in [7, 11) is 0. The Morgan fingerprint density at radius 3 is 2.79 bits per heavy atom. The molecule has 3 N–H and O–H groups in total. The molecule has 0 aliphatic rings. The van der Waals surface area contributed by atoms with Crippen LogP contribution < -0.4 is 10.6 Å². The van der Waals surface area contributed by atoms with Gasteiger partial charge < -0.3 is 15.7 Å². The quantitative estimate of drug-likeness (QED) is 0.706. The first-order chi connectivity index (χ1) is 9.05. The highest BCUT2D eigenvalue weighted by molar-refractivity contribution is 7.99. The number of alkyl halides is 2. The topological polar surface area (TPSA) is 61.4 Å². The average Bonchev–Trinajstić information content (AvgIpc) is 2.35. The second-order valence-corrected chi connectivity index (χ2v) is 4.86. The predicted octanol–water partition coefficient (Wildman–Crippen LogP) is 2.89. The Kier molecular flexibility index (Phi) is 6.58. The van der Waals surface area contributed by atoms with Crippen LogP contribution in [0.3, 0.4) is 0 Å². The Labute approximate surface area is 114 Å². The van der Waals surface area contributed by atoms with Crippen molar-refractivity contribution in [3.63, 3.8) is 0 Å². The summed E-state index contributed by atoms with van der Waals surface area (Å²) in [5.74, 6) is -2.50. The molecular weight excluding hydrogens is 274 g/mol. The van der Waals surface area contributed by atoms with Crippen LogP contribution >= 0.6 is 11.8 Å². The summed E-state index contributed by atoms with van der Waals surface area (Å²) >= 11 is 0.418. The average molecular weight is 290 g/mol. The SMILES string of the molecule is CCC(CO)NC(=O)Nc1cccc(SC(F)F)c1. The van der Waals surface area contributed by atoms with Gasteiger partial charge in [-0.1, -0.05) is 24.8 Å². The van der Waals surface area contributed by atoms with Crippen LogP contribution in [0.4, 0.5) is 19.3 Å². The summed E-state index contributed by atoms with van der Waals surface area (Å²) in [6, 6.07) is 5.41. The normalized spacial score (nSPS) is 12.3. The van der Waals surface area contributed by atoms with Crippen molar-refractivity contribution in [2.45, 2.75) is 30.0 Å². The molecule has 1 rings (SSSR count). The van der Waals surface area contributed by atoms with Gasteiger partial charge in [0, 0.05) is 10.6 Å². The zero-order chi connectivity index (χ0) is 14.3. The summed E-state index contributed by atoms with van der Waals surface area (Å²) in [4.78, 5) is 12.0. The standard InChI is InChI=1S/C12H16F2N2O2S/c1-2-8(7-17)15-12(18)16-9-4-3-5-10(6-9)19-11(13)14/h3-6,8,11,17H,2,7H2,1H3,(H2,15,16,18). The van der Waals surface area contributed by atoms with Crippen molar-refractivity contribution >= 4 is 23.5 Å². The van der Waals surface area contributed by atoms with Crippen molar-refractivity contribution in [1.29, 1.82) is 0 Å². The van der Waals surface area contributed by atoms with Gasteiger partial charge in [-0.25, -0.2) is 4.79 Å². The third kappa shape index (κ3) is 5.89. The highest BCUT2D eigenvalue weighted by Crippen LogP contribution is 2.27. The molecule has 4 nitrogen and oxygen atoms in total. The number of urea groups is 1. The summed E-state index contributed by atoms with van der Waals surface area (Å²) < 4.78 is 24.4. The number of hydrogen-bond acceptors (Lipinski definition) is 3. The van der Waals surface area contributed by atoms with Crippen LogP contribution in [0.25, 0.3) is 0 Å². The van der Waals surface area contributed by atoms with Gasteiger partial charge in [-0.2, -0.15) is 8.78 Å². The van der Waals surface area contributed by atoms with E-state index >= 15 is 0 Å². The minimum absolute atomic E-state index is 0.148. The first-order valence-electron chi connectivity index (χ1n) is 5.78. The molecule has 0 aliphatic carbocycles. The monoisotopic (exact) mass is 290 g/mol. The maximum absolute atomic E-state index is 12.2. The highest BCUT2D eigenvalue weighted by Gasteiger charge is 2.10. The van der Waals surface area contributed by atoms with Crippen molar-refractivity contribution in [3.8, 4) is 0 Å². The predicted molar refractivity (Wildman–Crippen MR) is 71.6 cm³/mol. The van der Waals surface area contributed by atoms with Crippen LogP contribution in [0.1, 0.15) is 13.3 Å². The van der Waals surface area contributed by atoms with E-state index in [2.05, 4.69) is 10.6 Å². The third-order valence-electron chi connectivity index (χ3n) is 2.37. The minimum Gasteiger partial charge on any atom is -0.394 e. The number of aliphatic hydroxyl groups excluding tert-OH is 1. The molecule has 2 amide bonds. The van der Waals surface area contributed by atoms with E-state index in [1.54, 1.807) is 18.2 Å². The van der Waals surface area contributed by atoms with Crippen LogP contribution in [-0.4, -0.2) is 29.5 Å². The largest absolute Gasteiger partial charge is 0.394 e. The van der Waals surface area contributed by atoms with Crippen LogP contribution in [0.15, 0.2) is 29.2 Å². The Morgan fingerprint density at radius 1 is 1.47 bits per heavy atom. The van der Waals surface area contributed by atoms with Gasteiger partial charge in [0.05, 0.1) is 12.6 Å². The van der Waals surface area contributed by atoms with Crippen LogP contribution in [-0.2, 0) is 0 Å². The van der Waals surface area contributed by atoms with Crippen molar-refractivity contribution in [3.05, 3.63) is 24.3 Å². The number of carbonyl (C=O) groups excluding carboxylic acids is 1. The molecule has 1 atom stereocenters. The lowest BCUT2D eigenvalue weighted by Crippen LogP contribution is -2.39. The van der Waals surface area contributed by atoms with Gasteiger partial charge in [-0.3, -0.25) is 0 Å². The van der Waals surface area contributed by atoms with E-state index in [9.17, 15) is 13.6 Å². The molecule has 1 aromatic carbocycles. The number of aliphatic hydroxyl groups is 1. The van der Waals surface area contributed by atoms with E-state index in [4.69, 9.17) is 5.11 Å². The Hall–Kier alpha value is -1.34. The molecule has 0 radical (unpaired) electrons. The molecular formula is C12H16F2N2O2S. The van der Waals surface area contributed by atoms with Crippen molar-refractivity contribution in [2.24, 2.45) is 0 Å². The zero-order valence-electron chi connectivity index (χ0n) is 10.4. The van der Waals surface area contributed by atoms with Crippen molar-refractivity contribution < 1.29 is 18.7 Å². The van der Waals surface area contributed by atoms with Gasteiger partial charge in [0.25, 0.3) is 5.76 Å². The fraction of sp³-hybridized carbons (Fsp3) is 0.417. The Balaban J connectivity index is 2.59. The van der Waals surface area contributed by atoms with Crippen LogP contribution in [0, 0.1) is 0 Å². The van der Waals surface area contributed by atoms with Gasteiger partial charge in [-0.15, -0.1) is 0 Å². The summed E-state index contributed by atoms with van der Waals surface area (Å²) in [6.45, 7) is 1.69. The second-order valence-electron chi connectivity index (χ2n) is 3.79. The number of amides is 2. The fourth-order valence-corrected chi connectivity index (χ4v) is 1.94. The van der Waals surface area contributed by atoms with Crippen molar-refractivity contribution in [2.75, 3.05) is 11.9 Å². The minimum atomic E-state index is -2.50. The van der Waals surface area contributed by atoms with Crippen molar-refractivity contribution in [1.82, 2.24) is 5.32 Å². The lowest BCUT2D eigenvalue weighted by molar-refractivity contribution is 0.222. The fourth-order valence-electron chi connectivity index (χ4n) is 1.38. The number of halogens is 2. The number of rotatable bonds is 6. The van der Waals surface area contributed by atoms with Crippen LogP contribution in [0.2, 0.25) is 0 Å². The maximum atomic E-state index is 12.2. The molecule has 0 bridgehead atoms. The number of anilines is 1. The highest BCUT2D eigenvalue weighted by atomic mass is 32.2. The van der Waals surface area contributed by atoms with E-state index in [-0.39, 0.29) is 12.6 Å². The Bertz CT molecular complexity index is 414. The molecule has 0 fully saturated rings. The Morgan fingerprint density at radius 2 is 2.21 bits per heavy atom. The third-order valence-corrected chi connectivity index (χ3v) is 3.07. The first kappa shape index (κ1) is 15.7. The first-order valence-corrected chi connectivity index (χ1v) is 6.66. The number of thioether (sulfide) groups is 1. The van der Waals surface area contributed by atoms with Gasteiger partial charge in [0.1, 0.15) is 0 Å². The van der Waals surface area contributed by atoms with E-state index < -0.39 is 11.8 Å². The van der Waals surface area contributed by atoms with Gasteiger partial charge >= 0.3 is 6.03 Å². The lowest BCUT2D eigenvalue weighted by atomic mass is 10.2. The second kappa shape index (κ2) is 7.96. The van der Waals surface area contributed by atoms with E-state index in [1.807, 2.05) is 6.92 Å². The smallest absolute Gasteiger partial charge is 0.319 e. The lowest BCUT2D eigenvalue weighted by Gasteiger charge is -2.15. The molecule has 0 saturated heterocycles. The van der Waals surface area contributed by atoms with Crippen LogP contribution in [0.5, 0.6) is 0 Å². The summed E-state index contributed by atoms with van der Waals surface area (Å²) in [5, 5.41) is 14.1. The number of benzene rings is 1. The van der Waals surface area contributed by atoms with E-state index in [0.29, 0.717) is 28.8 Å². The zero-order valence-corrected chi connectivity index (χ0v) is 11.2. The molecule has 0 aromatic heterocycles. The molecule has 1 unspecified atom stereocenters. The number of carbonyl (C=O) groups is 1. The van der Waals surface area contributed by atoms with Gasteiger partial charge in [-0.05, 0) is 24.6 Å². The van der Waals surface area contributed by atoms with E-state index in [0.717, 1.165) is 0 Å². The molecule has 106 valence electrons. The summed E-state index contributed by atoms with van der Waals surface area (Å²) in [5.41, 5.74) is 0.427. The molecule has 1 aromatic rings. The molecule has 0 aliphatic heterocycles. The van der Waals surface area contributed by atoms with Gasteiger partial charge in [0.15, 0.2) is 0 Å². The molecule has 19 heavy (non-hydrogen) atoms.